The van der Waals surface area contributed by atoms with Gasteiger partial charge in [-0.1, -0.05) is 13.3 Å². The minimum Gasteiger partial charge on any atom is -0.482 e. The summed E-state index contributed by atoms with van der Waals surface area (Å²) in [5.74, 6) is -0.699. The fraction of sp³-hybridized carbons (Fsp3) is 0.371. The number of carboxylic acid groups (broad SMARTS) is 2. The number of carbonyl (C=O) groups excluding carboxylic acids is 1. The molecule has 2 aliphatic carbocycles. The van der Waals surface area contributed by atoms with E-state index < -0.39 is 27.4 Å². The Labute approximate surface area is 286 Å². The number of carboxylic acids is 2. The van der Waals surface area contributed by atoms with Crippen molar-refractivity contribution in [2.75, 3.05) is 20.3 Å². The summed E-state index contributed by atoms with van der Waals surface area (Å²) in [5.41, 5.74) is 1.54. The standard InChI is InChI=1S/C18H18N2O3S.C17H17NO5S/c1-2-12-5-7-18(12,17(21)22)24-16-6-9-20-15-4-3-13(11-14(15)16)23-10-8-19;1-22-15(19)10-23-11-3-4-13-12(9-11)14(5-8-18-13)24-17(16(20)21)6-2-7-17/h3-4,6,9,11-12H,2,5,7,10H2,1H3,(H,21,22);3-5,8-9H,2,6-7,10H2,1H3,(H,20,21). The summed E-state index contributed by atoms with van der Waals surface area (Å²) in [6.07, 6.45) is 8.12. The number of aromatic nitrogens is 2. The second-order valence-electron chi connectivity index (χ2n) is 11.5. The highest BCUT2D eigenvalue weighted by Gasteiger charge is 2.53. The van der Waals surface area contributed by atoms with E-state index in [1.54, 1.807) is 36.7 Å². The average molecular weight is 690 g/mol. The normalized spacial score (nSPS) is 19.1. The fourth-order valence-electron chi connectivity index (χ4n) is 5.74. The molecule has 11 nitrogen and oxygen atoms in total. The van der Waals surface area contributed by atoms with Crippen molar-refractivity contribution in [2.45, 2.75) is 64.7 Å². The quantitative estimate of drug-likeness (QED) is 0.150. The Kier molecular flexibility index (Phi) is 11.0. The van der Waals surface area contributed by atoms with Gasteiger partial charge in [0, 0.05) is 33.0 Å². The average Bonchev–Trinajstić information content (AvgIpc) is 3.06. The first-order valence-corrected chi connectivity index (χ1v) is 17.1. The van der Waals surface area contributed by atoms with E-state index in [0.717, 1.165) is 50.9 Å². The van der Waals surface area contributed by atoms with Crippen LogP contribution in [0.5, 0.6) is 11.5 Å². The van der Waals surface area contributed by atoms with E-state index >= 15 is 0 Å². The number of benzene rings is 2. The molecule has 2 aromatic heterocycles. The predicted octanol–water partition coefficient (Wildman–Crippen LogP) is 6.76. The molecular formula is C35H35N3O8S2. The van der Waals surface area contributed by atoms with Crippen molar-refractivity contribution in [3.63, 3.8) is 0 Å². The topological polar surface area (TPSA) is 169 Å². The van der Waals surface area contributed by atoms with Gasteiger partial charge >= 0.3 is 17.9 Å². The van der Waals surface area contributed by atoms with Gasteiger partial charge in [0.15, 0.2) is 13.2 Å². The van der Waals surface area contributed by atoms with Crippen LogP contribution in [0.2, 0.25) is 0 Å². The van der Waals surface area contributed by atoms with Crippen molar-refractivity contribution in [1.29, 1.82) is 5.26 Å². The molecule has 0 spiro atoms. The number of thioether (sulfide) groups is 2. The molecule has 2 unspecified atom stereocenters. The Hall–Kier alpha value is -4.54. The summed E-state index contributed by atoms with van der Waals surface area (Å²) in [7, 11) is 1.30. The molecule has 13 heteroatoms. The molecule has 0 radical (unpaired) electrons. The molecule has 2 N–H and O–H groups in total. The molecule has 2 atom stereocenters. The highest BCUT2D eigenvalue weighted by atomic mass is 32.2. The zero-order chi connectivity index (χ0) is 34.3. The number of carbonyl (C=O) groups is 3. The zero-order valence-electron chi connectivity index (χ0n) is 26.5. The minimum atomic E-state index is -0.776. The summed E-state index contributed by atoms with van der Waals surface area (Å²) >= 11 is 2.79. The van der Waals surface area contributed by atoms with E-state index in [0.29, 0.717) is 30.8 Å². The largest absolute Gasteiger partial charge is 0.482 e. The van der Waals surface area contributed by atoms with E-state index in [4.69, 9.17) is 14.7 Å². The maximum atomic E-state index is 11.9. The lowest BCUT2D eigenvalue weighted by atomic mass is 9.71. The van der Waals surface area contributed by atoms with Crippen LogP contribution in [0.4, 0.5) is 0 Å². The minimum absolute atomic E-state index is 0.0226. The summed E-state index contributed by atoms with van der Waals surface area (Å²) in [5, 5.41) is 29.7. The molecule has 250 valence electrons. The number of methoxy groups -OCH3 is 1. The van der Waals surface area contributed by atoms with Gasteiger partial charge in [-0.3, -0.25) is 19.6 Å². The molecule has 2 saturated carbocycles. The van der Waals surface area contributed by atoms with Gasteiger partial charge < -0.3 is 24.4 Å². The van der Waals surface area contributed by atoms with Gasteiger partial charge in [-0.2, -0.15) is 5.26 Å². The molecule has 2 heterocycles. The second kappa shape index (κ2) is 15.1. The Morgan fingerprint density at radius 1 is 0.896 bits per heavy atom. The van der Waals surface area contributed by atoms with Gasteiger partial charge in [0.05, 0.1) is 18.1 Å². The first-order chi connectivity index (χ1) is 23.1. The van der Waals surface area contributed by atoms with Crippen molar-refractivity contribution in [1.82, 2.24) is 9.97 Å². The van der Waals surface area contributed by atoms with Crippen molar-refractivity contribution < 1.29 is 38.8 Å². The van der Waals surface area contributed by atoms with E-state index in [9.17, 15) is 24.6 Å². The molecule has 0 amide bonds. The number of ether oxygens (including phenoxy) is 3. The van der Waals surface area contributed by atoms with Crippen molar-refractivity contribution >= 4 is 63.2 Å². The van der Waals surface area contributed by atoms with Gasteiger partial charge in [0.25, 0.3) is 0 Å². The van der Waals surface area contributed by atoms with E-state index in [1.165, 1.54) is 30.6 Å². The molecule has 0 saturated heterocycles. The third-order valence-electron chi connectivity index (χ3n) is 8.76. The lowest BCUT2D eigenvalue weighted by Gasteiger charge is -2.45. The zero-order valence-corrected chi connectivity index (χ0v) is 28.1. The number of pyridine rings is 2. The first-order valence-electron chi connectivity index (χ1n) is 15.5. The van der Waals surface area contributed by atoms with Crippen LogP contribution in [0.25, 0.3) is 21.8 Å². The molecule has 6 rings (SSSR count). The van der Waals surface area contributed by atoms with Crippen LogP contribution in [0.3, 0.4) is 0 Å². The summed E-state index contributed by atoms with van der Waals surface area (Å²) in [6.45, 7) is 1.84. The molecule has 48 heavy (non-hydrogen) atoms. The first kappa shape index (κ1) is 34.8. The van der Waals surface area contributed by atoms with Gasteiger partial charge in [-0.25, -0.2) is 4.79 Å². The smallest absolute Gasteiger partial charge is 0.343 e. The molecule has 2 aromatic carbocycles. The van der Waals surface area contributed by atoms with Gasteiger partial charge in [0.2, 0.25) is 0 Å². The Morgan fingerprint density at radius 2 is 1.50 bits per heavy atom. The van der Waals surface area contributed by atoms with E-state index in [1.807, 2.05) is 37.3 Å². The summed E-state index contributed by atoms with van der Waals surface area (Å²) in [4.78, 5) is 45.1. The Balaban J connectivity index is 0.000000188. The highest BCUT2D eigenvalue weighted by molar-refractivity contribution is 8.02. The number of hydrogen-bond acceptors (Lipinski definition) is 11. The highest BCUT2D eigenvalue weighted by Crippen LogP contribution is 2.54. The fourth-order valence-corrected chi connectivity index (χ4v) is 8.70. The number of fused-ring (bicyclic) bond motifs is 2. The van der Waals surface area contributed by atoms with Gasteiger partial charge in [-0.15, -0.1) is 23.5 Å². The third kappa shape index (κ3) is 7.29. The molecule has 0 aliphatic heterocycles. The van der Waals surface area contributed by atoms with Crippen LogP contribution in [0.15, 0.2) is 70.7 Å². The van der Waals surface area contributed by atoms with Crippen LogP contribution < -0.4 is 9.47 Å². The third-order valence-corrected chi connectivity index (χ3v) is 12.0. The van der Waals surface area contributed by atoms with Gasteiger partial charge in [0.1, 0.15) is 27.1 Å². The summed E-state index contributed by atoms with van der Waals surface area (Å²) in [6, 6.07) is 16.3. The monoisotopic (exact) mass is 689 g/mol. The number of aliphatic carboxylic acids is 2. The van der Waals surface area contributed by atoms with E-state index in [2.05, 4.69) is 14.7 Å². The SMILES string of the molecule is CCC1CCC1(Sc1ccnc2ccc(OCC#N)cc12)C(=O)O.COC(=O)COc1ccc2nccc(SC3(C(=O)O)CCC3)c2c1. The second-order valence-corrected chi connectivity index (χ2v) is 14.3. The van der Waals surface area contributed by atoms with Gasteiger partial charge in [-0.05, 0) is 86.6 Å². The molecular weight excluding hydrogens is 655 g/mol. The Morgan fingerprint density at radius 3 is 1.96 bits per heavy atom. The van der Waals surface area contributed by atoms with Crippen molar-refractivity contribution in [3.05, 3.63) is 60.9 Å². The van der Waals surface area contributed by atoms with Crippen LogP contribution in [0, 0.1) is 17.2 Å². The number of nitriles is 1. The molecule has 2 aliphatic rings. The molecule has 0 bridgehead atoms. The lowest BCUT2D eigenvalue weighted by molar-refractivity contribution is -0.145. The van der Waals surface area contributed by atoms with Crippen LogP contribution >= 0.6 is 23.5 Å². The number of hydrogen-bond donors (Lipinski definition) is 2. The van der Waals surface area contributed by atoms with Crippen LogP contribution in [-0.4, -0.2) is 67.9 Å². The molecule has 2 fully saturated rings. The van der Waals surface area contributed by atoms with E-state index in [-0.39, 0.29) is 19.1 Å². The molecule has 4 aromatic rings. The number of nitrogens with zero attached hydrogens (tertiary/aromatic N) is 3. The maximum Gasteiger partial charge on any atom is 0.343 e. The number of rotatable bonds is 12. The number of esters is 1. The summed E-state index contributed by atoms with van der Waals surface area (Å²) < 4.78 is 13.8. The van der Waals surface area contributed by atoms with Crippen LogP contribution in [-0.2, 0) is 19.1 Å². The Bertz CT molecular complexity index is 1870. The van der Waals surface area contributed by atoms with Crippen LogP contribution in [0.1, 0.15) is 45.4 Å². The predicted molar refractivity (Wildman–Crippen MR) is 181 cm³/mol. The lowest BCUT2D eigenvalue weighted by Crippen LogP contribution is -2.50. The van der Waals surface area contributed by atoms with Crippen molar-refractivity contribution in [3.8, 4) is 17.6 Å². The maximum absolute atomic E-state index is 11.9. The van der Waals surface area contributed by atoms with Crippen molar-refractivity contribution in [2.24, 2.45) is 5.92 Å².